The van der Waals surface area contributed by atoms with Crippen molar-refractivity contribution < 1.29 is 42.1 Å². The standard InChI is InChI=1S/C26H18F3NO6/c1-14-3-2-4-15(11-14)22-21(23(31)16-5-10-19-20(12-16)35-13-34-19)24(32)25(33)30(22)17-6-8-18(9-7-17)36-26(27,28)29/h2-12,22,31H,13H2,1H3/b23-21-. The lowest BCUT2D eigenvalue weighted by molar-refractivity contribution is -0.274. The minimum absolute atomic E-state index is 0.0152. The Morgan fingerprint density at radius 2 is 1.72 bits per heavy atom. The average molecular weight is 497 g/mol. The van der Waals surface area contributed by atoms with Gasteiger partial charge in [-0.2, -0.15) is 0 Å². The van der Waals surface area contributed by atoms with Gasteiger partial charge in [-0.25, -0.2) is 0 Å². The summed E-state index contributed by atoms with van der Waals surface area (Å²) in [5, 5.41) is 11.2. The van der Waals surface area contributed by atoms with Crippen LogP contribution >= 0.6 is 0 Å². The van der Waals surface area contributed by atoms with Crippen molar-refractivity contribution in [1.82, 2.24) is 0 Å². The third-order valence-corrected chi connectivity index (χ3v) is 5.80. The van der Waals surface area contributed by atoms with Gasteiger partial charge in [-0.15, -0.1) is 13.2 Å². The van der Waals surface area contributed by atoms with Gasteiger partial charge in [0, 0.05) is 11.3 Å². The molecule has 1 saturated heterocycles. The second kappa shape index (κ2) is 8.63. The Labute approximate surface area is 202 Å². The minimum atomic E-state index is -4.88. The number of aliphatic hydroxyl groups is 1. The van der Waals surface area contributed by atoms with Gasteiger partial charge >= 0.3 is 6.36 Å². The first-order valence-electron chi connectivity index (χ1n) is 10.8. The number of aryl methyl sites for hydroxylation is 1. The molecule has 2 aliphatic rings. The van der Waals surface area contributed by atoms with E-state index in [0.717, 1.165) is 22.6 Å². The fourth-order valence-electron chi connectivity index (χ4n) is 4.26. The normalized spacial score (nSPS) is 18.6. The van der Waals surface area contributed by atoms with E-state index in [1.54, 1.807) is 24.3 Å². The number of Topliss-reactive ketones (excluding diaryl/α,β-unsaturated/α-hetero) is 1. The summed E-state index contributed by atoms with van der Waals surface area (Å²) in [7, 11) is 0. The van der Waals surface area contributed by atoms with E-state index in [1.807, 2.05) is 13.0 Å². The zero-order valence-corrected chi connectivity index (χ0v) is 18.7. The topological polar surface area (TPSA) is 85.3 Å². The molecule has 3 aromatic rings. The average Bonchev–Trinajstić information content (AvgIpc) is 3.40. The second-order valence-corrected chi connectivity index (χ2v) is 8.19. The Kier molecular flexibility index (Phi) is 5.58. The molecule has 10 heteroatoms. The largest absolute Gasteiger partial charge is 0.573 e. The van der Waals surface area contributed by atoms with Crippen molar-refractivity contribution in [3.8, 4) is 17.2 Å². The smallest absolute Gasteiger partial charge is 0.507 e. The Bertz CT molecular complexity index is 1400. The van der Waals surface area contributed by atoms with Crippen LogP contribution in [0.5, 0.6) is 17.2 Å². The number of nitrogens with zero attached hydrogens (tertiary/aromatic N) is 1. The SMILES string of the molecule is Cc1cccc(C2/C(=C(/O)c3ccc4c(c3)OCO4)C(=O)C(=O)N2c2ccc(OC(F)(F)F)cc2)c1. The molecule has 2 aliphatic heterocycles. The number of anilines is 1. The number of ketones is 1. The molecular formula is C26H18F3NO6. The van der Waals surface area contributed by atoms with Crippen LogP contribution in [0.15, 0.2) is 72.3 Å². The number of halogens is 3. The Hall–Kier alpha value is -4.47. The molecule has 1 N–H and O–H groups in total. The number of fused-ring (bicyclic) bond motifs is 1. The number of benzene rings is 3. The van der Waals surface area contributed by atoms with Crippen LogP contribution in [0.1, 0.15) is 22.7 Å². The van der Waals surface area contributed by atoms with Crippen LogP contribution in [0.4, 0.5) is 18.9 Å². The van der Waals surface area contributed by atoms with Crippen LogP contribution in [0.2, 0.25) is 0 Å². The number of carbonyl (C=O) groups excluding carboxylic acids is 2. The second-order valence-electron chi connectivity index (χ2n) is 8.19. The maximum atomic E-state index is 13.2. The highest BCUT2D eigenvalue weighted by atomic mass is 19.4. The highest BCUT2D eigenvalue weighted by Crippen LogP contribution is 2.44. The summed E-state index contributed by atoms with van der Waals surface area (Å²) in [6.07, 6.45) is -4.88. The van der Waals surface area contributed by atoms with Gasteiger partial charge in [0.15, 0.2) is 11.5 Å². The predicted octanol–water partition coefficient (Wildman–Crippen LogP) is 5.25. The summed E-state index contributed by atoms with van der Waals surface area (Å²) in [5.74, 6) is -1.92. The van der Waals surface area contributed by atoms with E-state index >= 15 is 0 Å². The highest BCUT2D eigenvalue weighted by Gasteiger charge is 2.47. The lowest BCUT2D eigenvalue weighted by Gasteiger charge is -2.26. The van der Waals surface area contributed by atoms with Gasteiger partial charge in [0.05, 0.1) is 11.6 Å². The quantitative estimate of drug-likeness (QED) is 0.301. The van der Waals surface area contributed by atoms with Crippen molar-refractivity contribution in [2.75, 3.05) is 11.7 Å². The van der Waals surface area contributed by atoms with Crippen LogP contribution in [0.3, 0.4) is 0 Å². The summed E-state index contributed by atoms with van der Waals surface area (Å²) < 4.78 is 52.3. The van der Waals surface area contributed by atoms with Crippen LogP contribution in [-0.2, 0) is 9.59 Å². The summed E-state index contributed by atoms with van der Waals surface area (Å²) in [4.78, 5) is 27.6. The molecule has 1 amide bonds. The molecule has 0 bridgehead atoms. The van der Waals surface area contributed by atoms with Crippen molar-refractivity contribution in [1.29, 1.82) is 0 Å². The minimum Gasteiger partial charge on any atom is -0.507 e. The van der Waals surface area contributed by atoms with Crippen LogP contribution in [-0.4, -0.2) is 30.0 Å². The van der Waals surface area contributed by atoms with E-state index in [2.05, 4.69) is 4.74 Å². The maximum absolute atomic E-state index is 13.2. The number of rotatable bonds is 4. The van der Waals surface area contributed by atoms with Crippen molar-refractivity contribution >= 4 is 23.1 Å². The van der Waals surface area contributed by atoms with E-state index in [0.29, 0.717) is 17.1 Å². The van der Waals surface area contributed by atoms with E-state index < -0.39 is 35.6 Å². The number of ether oxygens (including phenoxy) is 3. The zero-order chi connectivity index (χ0) is 25.6. The molecule has 184 valence electrons. The third kappa shape index (κ3) is 4.21. The predicted molar refractivity (Wildman–Crippen MR) is 122 cm³/mol. The third-order valence-electron chi connectivity index (χ3n) is 5.80. The highest BCUT2D eigenvalue weighted by molar-refractivity contribution is 6.51. The molecule has 1 fully saturated rings. The molecule has 1 atom stereocenters. The van der Waals surface area contributed by atoms with Gasteiger partial charge in [-0.3, -0.25) is 14.5 Å². The first-order chi connectivity index (χ1) is 17.1. The molecule has 0 radical (unpaired) electrons. The number of carbonyl (C=O) groups is 2. The van der Waals surface area contributed by atoms with E-state index in [4.69, 9.17) is 9.47 Å². The van der Waals surface area contributed by atoms with Crippen molar-refractivity contribution in [2.45, 2.75) is 19.3 Å². The number of hydrogen-bond acceptors (Lipinski definition) is 6. The van der Waals surface area contributed by atoms with Gasteiger partial charge in [0.2, 0.25) is 6.79 Å². The first-order valence-corrected chi connectivity index (χ1v) is 10.8. The molecule has 0 saturated carbocycles. The number of amides is 1. The lowest BCUT2D eigenvalue weighted by Crippen LogP contribution is -2.29. The Morgan fingerprint density at radius 1 is 1.00 bits per heavy atom. The zero-order valence-electron chi connectivity index (χ0n) is 18.7. The molecule has 5 rings (SSSR count). The monoisotopic (exact) mass is 497 g/mol. The summed E-state index contributed by atoms with van der Waals surface area (Å²) in [6, 6.07) is 15.2. The van der Waals surface area contributed by atoms with Gasteiger partial charge in [-0.1, -0.05) is 29.8 Å². The van der Waals surface area contributed by atoms with Crippen molar-refractivity contribution in [2.24, 2.45) is 0 Å². The van der Waals surface area contributed by atoms with Crippen molar-refractivity contribution in [3.63, 3.8) is 0 Å². The summed E-state index contributed by atoms with van der Waals surface area (Å²) in [6.45, 7) is 1.85. The molecule has 2 heterocycles. The lowest BCUT2D eigenvalue weighted by atomic mass is 9.94. The molecule has 1 unspecified atom stereocenters. The molecule has 7 nitrogen and oxygen atoms in total. The number of hydrogen-bond donors (Lipinski definition) is 1. The summed E-state index contributed by atoms with van der Waals surface area (Å²) >= 11 is 0. The molecule has 36 heavy (non-hydrogen) atoms. The van der Waals surface area contributed by atoms with E-state index in [1.165, 1.54) is 24.3 Å². The van der Waals surface area contributed by atoms with Gasteiger partial charge in [0.25, 0.3) is 11.7 Å². The van der Waals surface area contributed by atoms with Gasteiger partial charge in [0.1, 0.15) is 11.5 Å². The van der Waals surface area contributed by atoms with E-state index in [9.17, 15) is 27.9 Å². The molecular weight excluding hydrogens is 479 g/mol. The number of aliphatic hydroxyl groups excluding tert-OH is 1. The first kappa shape index (κ1) is 23.3. The van der Waals surface area contributed by atoms with E-state index in [-0.39, 0.29) is 23.6 Å². The number of alkyl halides is 3. The Morgan fingerprint density at radius 3 is 2.42 bits per heavy atom. The van der Waals surface area contributed by atoms with Crippen LogP contribution < -0.4 is 19.1 Å². The molecule has 0 aliphatic carbocycles. The van der Waals surface area contributed by atoms with Crippen LogP contribution in [0, 0.1) is 6.92 Å². The fourth-order valence-corrected chi connectivity index (χ4v) is 4.26. The maximum Gasteiger partial charge on any atom is 0.573 e. The molecule has 3 aromatic carbocycles. The van der Waals surface area contributed by atoms with Crippen molar-refractivity contribution in [3.05, 3.63) is 89.0 Å². The molecule has 0 aromatic heterocycles. The van der Waals surface area contributed by atoms with Gasteiger partial charge < -0.3 is 19.3 Å². The summed E-state index contributed by atoms with van der Waals surface area (Å²) in [5.41, 5.74) is 1.61. The Balaban J connectivity index is 1.63. The van der Waals surface area contributed by atoms with Crippen LogP contribution in [0.25, 0.3) is 5.76 Å². The van der Waals surface area contributed by atoms with Gasteiger partial charge in [-0.05, 0) is 55.0 Å². The molecule has 0 spiro atoms. The fraction of sp³-hybridized carbons (Fsp3) is 0.154.